The van der Waals surface area contributed by atoms with Crippen LogP contribution < -0.4 is 10.9 Å². The molecule has 35 heavy (non-hydrogen) atoms. The van der Waals surface area contributed by atoms with Crippen LogP contribution in [0, 0.1) is 6.92 Å². The summed E-state index contributed by atoms with van der Waals surface area (Å²) in [6.07, 6.45) is 0.604. The first kappa shape index (κ1) is 23.3. The highest BCUT2D eigenvalue weighted by Crippen LogP contribution is 2.32. The minimum Gasteiger partial charge on any atom is -0.464 e. The van der Waals surface area contributed by atoms with Gasteiger partial charge >= 0.3 is 5.97 Å². The van der Waals surface area contributed by atoms with Crippen molar-refractivity contribution in [2.24, 2.45) is 0 Å². The van der Waals surface area contributed by atoms with E-state index in [-0.39, 0.29) is 22.4 Å². The molecule has 0 bridgehead atoms. The SMILES string of the molecule is COC(=O)c1nc(Cl)ccc1N[C@H](C)c1cc(C)cc2c(=O)n3c(nc12)-c1ccc(Cl)nc1CC3. The molecule has 8 nitrogen and oxygen atoms in total. The van der Waals surface area contributed by atoms with Crippen molar-refractivity contribution < 1.29 is 9.53 Å². The van der Waals surface area contributed by atoms with Crippen LogP contribution in [0.4, 0.5) is 5.69 Å². The summed E-state index contributed by atoms with van der Waals surface area (Å²) >= 11 is 12.1. The summed E-state index contributed by atoms with van der Waals surface area (Å²) in [6, 6.07) is 10.3. The topological polar surface area (TPSA) is 99.0 Å². The van der Waals surface area contributed by atoms with Crippen molar-refractivity contribution in [1.82, 2.24) is 19.5 Å². The van der Waals surface area contributed by atoms with Crippen LogP contribution in [0.25, 0.3) is 22.3 Å². The molecule has 0 radical (unpaired) electrons. The lowest BCUT2D eigenvalue weighted by atomic mass is 9.99. The Balaban J connectivity index is 1.66. The monoisotopic (exact) mass is 509 g/mol. The molecular weight excluding hydrogens is 489 g/mol. The molecule has 1 aliphatic heterocycles. The van der Waals surface area contributed by atoms with E-state index in [0.29, 0.717) is 40.5 Å². The summed E-state index contributed by atoms with van der Waals surface area (Å²) in [6.45, 7) is 4.34. The third-order valence-corrected chi connectivity index (χ3v) is 6.49. The molecule has 0 amide bonds. The molecule has 1 aliphatic rings. The number of esters is 1. The standard InChI is InChI=1S/C25H21Cl2N5O3/c1-12-10-15(13(2)28-18-5-7-20(27)30-22(18)25(34)35-3)21-16(11-12)24(33)32-9-8-17-14(23(32)31-21)4-6-19(26)29-17/h4-7,10-11,13,28H,8-9H2,1-3H3/t13-/m1/s1. The molecule has 0 unspecified atom stereocenters. The Labute approximate surface area is 210 Å². The van der Waals surface area contributed by atoms with Crippen molar-refractivity contribution in [2.45, 2.75) is 32.9 Å². The fourth-order valence-corrected chi connectivity index (χ4v) is 4.76. The first-order valence-corrected chi connectivity index (χ1v) is 11.7. The summed E-state index contributed by atoms with van der Waals surface area (Å²) in [5.74, 6) is -0.0434. The van der Waals surface area contributed by atoms with Gasteiger partial charge in [-0.15, -0.1) is 0 Å². The molecule has 0 saturated carbocycles. The molecule has 0 fully saturated rings. The quantitative estimate of drug-likeness (QED) is 0.305. The summed E-state index contributed by atoms with van der Waals surface area (Å²) in [4.78, 5) is 39.3. The highest BCUT2D eigenvalue weighted by atomic mass is 35.5. The third-order valence-electron chi connectivity index (χ3n) is 6.06. The van der Waals surface area contributed by atoms with Crippen LogP contribution in [0.3, 0.4) is 0 Å². The summed E-state index contributed by atoms with van der Waals surface area (Å²) in [5, 5.41) is 4.44. The fourth-order valence-electron chi connectivity index (χ4n) is 4.45. The van der Waals surface area contributed by atoms with Crippen LogP contribution in [-0.4, -0.2) is 32.6 Å². The second kappa shape index (κ2) is 8.94. The Morgan fingerprint density at radius 2 is 1.86 bits per heavy atom. The zero-order valence-electron chi connectivity index (χ0n) is 19.2. The number of hydrogen-bond acceptors (Lipinski definition) is 7. The number of nitrogens with one attached hydrogen (secondary N) is 1. The largest absolute Gasteiger partial charge is 0.464 e. The Morgan fingerprint density at radius 1 is 1.11 bits per heavy atom. The minimum atomic E-state index is -0.607. The molecule has 3 aromatic heterocycles. The van der Waals surface area contributed by atoms with Gasteiger partial charge in [0, 0.05) is 24.1 Å². The predicted octanol–water partition coefficient (Wildman–Crippen LogP) is 4.98. The lowest BCUT2D eigenvalue weighted by Crippen LogP contribution is -2.28. The molecule has 4 aromatic rings. The van der Waals surface area contributed by atoms with Crippen molar-refractivity contribution >= 4 is 45.8 Å². The highest BCUT2D eigenvalue weighted by Gasteiger charge is 2.24. The van der Waals surface area contributed by atoms with Gasteiger partial charge in [0.1, 0.15) is 16.1 Å². The summed E-state index contributed by atoms with van der Waals surface area (Å²) in [5.41, 5.74) is 4.35. The van der Waals surface area contributed by atoms with E-state index in [1.54, 1.807) is 22.8 Å². The minimum absolute atomic E-state index is 0.0751. The number of methoxy groups -OCH3 is 1. The third kappa shape index (κ3) is 4.13. The Bertz CT molecular complexity index is 1570. The van der Waals surface area contributed by atoms with Crippen LogP contribution in [-0.2, 0) is 17.7 Å². The van der Waals surface area contributed by atoms with Gasteiger partial charge in [0.2, 0.25) is 0 Å². The van der Waals surface area contributed by atoms with Gasteiger partial charge in [0.15, 0.2) is 5.69 Å². The number of aromatic nitrogens is 4. The predicted molar refractivity (Wildman–Crippen MR) is 135 cm³/mol. The number of ether oxygens (including phenoxy) is 1. The molecule has 178 valence electrons. The normalized spacial score (nSPS) is 13.2. The molecule has 10 heteroatoms. The lowest BCUT2D eigenvalue weighted by molar-refractivity contribution is 0.0595. The second-order valence-electron chi connectivity index (χ2n) is 8.41. The Hall–Kier alpha value is -3.49. The maximum atomic E-state index is 13.5. The van der Waals surface area contributed by atoms with Gasteiger partial charge < -0.3 is 10.1 Å². The van der Waals surface area contributed by atoms with Gasteiger partial charge in [-0.3, -0.25) is 9.36 Å². The van der Waals surface area contributed by atoms with E-state index in [1.165, 1.54) is 7.11 Å². The van der Waals surface area contributed by atoms with Crippen molar-refractivity contribution in [1.29, 1.82) is 0 Å². The lowest BCUT2D eigenvalue weighted by Gasteiger charge is -2.23. The van der Waals surface area contributed by atoms with E-state index >= 15 is 0 Å². The Morgan fingerprint density at radius 3 is 2.63 bits per heavy atom. The van der Waals surface area contributed by atoms with Crippen LogP contribution in [0.1, 0.15) is 40.3 Å². The smallest absolute Gasteiger partial charge is 0.358 e. The number of halogens is 2. The summed E-state index contributed by atoms with van der Waals surface area (Å²) in [7, 11) is 1.28. The van der Waals surface area contributed by atoms with E-state index in [0.717, 1.165) is 22.4 Å². The number of carbonyl (C=O) groups excluding carboxylic acids is 1. The summed E-state index contributed by atoms with van der Waals surface area (Å²) < 4.78 is 6.55. The molecule has 1 N–H and O–H groups in total. The average molecular weight is 510 g/mol. The van der Waals surface area contributed by atoms with E-state index in [1.807, 2.05) is 32.0 Å². The number of rotatable bonds is 4. The van der Waals surface area contributed by atoms with Crippen molar-refractivity contribution in [2.75, 3.05) is 12.4 Å². The molecule has 5 rings (SSSR count). The fraction of sp³-hybridized carbons (Fsp3) is 0.240. The second-order valence-corrected chi connectivity index (χ2v) is 9.18. The maximum absolute atomic E-state index is 13.5. The maximum Gasteiger partial charge on any atom is 0.358 e. The number of nitrogens with zero attached hydrogens (tertiary/aromatic N) is 4. The van der Waals surface area contributed by atoms with Gasteiger partial charge in [-0.2, -0.15) is 0 Å². The van der Waals surface area contributed by atoms with E-state index in [2.05, 4.69) is 15.3 Å². The first-order chi connectivity index (χ1) is 16.8. The molecule has 0 saturated heterocycles. The number of pyridine rings is 2. The average Bonchev–Trinajstić information content (AvgIpc) is 2.84. The number of benzene rings is 1. The van der Waals surface area contributed by atoms with Gasteiger partial charge in [-0.05, 0) is 49.7 Å². The highest BCUT2D eigenvalue weighted by molar-refractivity contribution is 6.29. The van der Waals surface area contributed by atoms with Gasteiger partial charge in [-0.1, -0.05) is 29.3 Å². The van der Waals surface area contributed by atoms with E-state index in [4.69, 9.17) is 32.9 Å². The van der Waals surface area contributed by atoms with Crippen LogP contribution in [0.5, 0.6) is 0 Å². The molecule has 1 aromatic carbocycles. The Kier molecular flexibility index (Phi) is 5.94. The van der Waals surface area contributed by atoms with Crippen molar-refractivity contribution in [3.05, 3.63) is 79.6 Å². The number of anilines is 1. The van der Waals surface area contributed by atoms with Crippen LogP contribution >= 0.6 is 23.2 Å². The molecule has 0 spiro atoms. The molecule has 1 atom stereocenters. The molecular formula is C25H21Cl2N5O3. The zero-order valence-corrected chi connectivity index (χ0v) is 20.7. The van der Waals surface area contributed by atoms with Crippen molar-refractivity contribution in [3.8, 4) is 11.4 Å². The number of hydrogen-bond donors (Lipinski definition) is 1. The molecule has 4 heterocycles. The first-order valence-electron chi connectivity index (χ1n) is 11.0. The van der Waals surface area contributed by atoms with E-state index < -0.39 is 5.97 Å². The van der Waals surface area contributed by atoms with Crippen LogP contribution in [0.2, 0.25) is 10.3 Å². The van der Waals surface area contributed by atoms with Gasteiger partial charge in [0.05, 0.1) is 35.4 Å². The van der Waals surface area contributed by atoms with Crippen molar-refractivity contribution in [3.63, 3.8) is 0 Å². The van der Waals surface area contributed by atoms with Crippen LogP contribution in [0.15, 0.2) is 41.2 Å². The van der Waals surface area contributed by atoms with E-state index in [9.17, 15) is 9.59 Å². The number of aryl methyl sites for hydroxylation is 2. The number of carbonyl (C=O) groups is 1. The number of fused-ring (bicyclic) bond motifs is 4. The zero-order chi connectivity index (χ0) is 24.9. The van der Waals surface area contributed by atoms with Gasteiger partial charge in [0.25, 0.3) is 5.56 Å². The van der Waals surface area contributed by atoms with Gasteiger partial charge in [-0.25, -0.2) is 19.7 Å². The molecule has 0 aliphatic carbocycles.